The molecule has 1 aromatic rings. The van der Waals surface area contributed by atoms with Crippen LogP contribution in [0.5, 0.6) is 0 Å². The number of aliphatic hydroxyl groups excluding tert-OH is 2. The van der Waals surface area contributed by atoms with E-state index in [0.29, 0.717) is 5.56 Å². The Hall–Kier alpha value is -1.04. The van der Waals surface area contributed by atoms with Gasteiger partial charge in [0.2, 0.25) is 0 Å². The summed E-state index contributed by atoms with van der Waals surface area (Å²) in [5.41, 5.74) is 0.519. The first-order valence-corrected chi connectivity index (χ1v) is 5.30. The van der Waals surface area contributed by atoms with Gasteiger partial charge in [-0.3, -0.25) is 0 Å². The van der Waals surface area contributed by atoms with Gasteiger partial charge in [-0.05, 0) is 25.5 Å². The van der Waals surface area contributed by atoms with E-state index in [1.54, 1.807) is 0 Å². The molecule has 0 saturated heterocycles. The van der Waals surface area contributed by atoms with Crippen LogP contribution in [0.1, 0.15) is 18.1 Å². The lowest BCUT2D eigenvalue weighted by Gasteiger charge is -2.18. The van der Waals surface area contributed by atoms with Crippen molar-refractivity contribution in [2.24, 2.45) is 0 Å². The molecule has 0 heterocycles. The Morgan fingerprint density at radius 2 is 1.94 bits per heavy atom. The van der Waals surface area contributed by atoms with Gasteiger partial charge in [-0.25, -0.2) is 8.78 Å². The highest BCUT2D eigenvalue weighted by atomic mass is 19.1. The van der Waals surface area contributed by atoms with E-state index < -0.39 is 23.8 Å². The minimum absolute atomic E-state index is 0.122. The molecule has 0 aliphatic rings. The van der Waals surface area contributed by atoms with Gasteiger partial charge in [0, 0.05) is 11.6 Å². The molecular weight excluding hydrogens is 230 g/mol. The molecule has 0 spiro atoms. The Morgan fingerprint density at radius 1 is 1.29 bits per heavy atom. The van der Waals surface area contributed by atoms with Crippen LogP contribution >= 0.6 is 0 Å². The predicted octanol–water partition coefficient (Wildman–Crippen LogP) is 1.53. The van der Waals surface area contributed by atoms with Crippen molar-refractivity contribution in [3.05, 3.63) is 34.9 Å². The number of halogens is 2. The van der Waals surface area contributed by atoms with Crippen LogP contribution in [0.4, 0.5) is 8.78 Å². The molecule has 96 valence electrons. The number of ether oxygens (including phenoxy) is 1. The van der Waals surface area contributed by atoms with Crippen molar-refractivity contribution in [2.75, 3.05) is 6.61 Å². The van der Waals surface area contributed by atoms with Crippen LogP contribution in [-0.4, -0.2) is 29.0 Å². The maximum atomic E-state index is 13.3. The fourth-order valence-electron chi connectivity index (χ4n) is 1.37. The van der Waals surface area contributed by atoms with Gasteiger partial charge in [-0.15, -0.1) is 0 Å². The molecule has 3 nitrogen and oxygen atoms in total. The number of aliphatic hydroxyl groups is 2. The highest BCUT2D eigenvalue weighted by molar-refractivity contribution is 5.25. The summed E-state index contributed by atoms with van der Waals surface area (Å²) >= 11 is 0. The smallest absolute Gasteiger partial charge is 0.131 e. The summed E-state index contributed by atoms with van der Waals surface area (Å²) in [5.74, 6) is -1.31. The van der Waals surface area contributed by atoms with E-state index in [2.05, 4.69) is 0 Å². The number of benzene rings is 1. The molecule has 0 amide bonds. The molecular formula is C12H16F2O3. The molecule has 1 unspecified atom stereocenters. The SMILES string of the molecule is Cc1cc(CO[C@H](CO)C(C)O)c(F)cc1F. The topological polar surface area (TPSA) is 49.7 Å². The quantitative estimate of drug-likeness (QED) is 0.828. The molecule has 1 aromatic carbocycles. The molecule has 0 saturated carbocycles. The maximum Gasteiger partial charge on any atom is 0.131 e. The zero-order valence-electron chi connectivity index (χ0n) is 9.78. The molecule has 0 fully saturated rings. The second-order valence-electron chi connectivity index (χ2n) is 3.97. The molecule has 0 aliphatic heterocycles. The molecule has 0 radical (unpaired) electrons. The van der Waals surface area contributed by atoms with E-state index in [1.807, 2.05) is 0 Å². The number of hydrogen-bond donors (Lipinski definition) is 2. The predicted molar refractivity (Wildman–Crippen MR) is 58.4 cm³/mol. The highest BCUT2D eigenvalue weighted by Crippen LogP contribution is 2.16. The van der Waals surface area contributed by atoms with Crippen molar-refractivity contribution in [1.82, 2.24) is 0 Å². The standard InChI is InChI=1S/C12H16F2O3/c1-7-3-9(11(14)4-10(7)13)6-17-12(5-15)8(2)16/h3-4,8,12,15-16H,5-6H2,1-2H3/t8?,12-/m1/s1. The van der Waals surface area contributed by atoms with E-state index in [-0.39, 0.29) is 18.8 Å². The van der Waals surface area contributed by atoms with Crippen LogP contribution in [0.3, 0.4) is 0 Å². The number of aryl methyl sites for hydroxylation is 1. The first-order valence-electron chi connectivity index (χ1n) is 5.30. The second-order valence-corrected chi connectivity index (χ2v) is 3.97. The Labute approximate surface area is 98.7 Å². The summed E-state index contributed by atoms with van der Waals surface area (Å²) in [6.07, 6.45) is -1.63. The maximum absolute atomic E-state index is 13.3. The van der Waals surface area contributed by atoms with E-state index in [0.717, 1.165) is 6.07 Å². The van der Waals surface area contributed by atoms with Crippen LogP contribution in [0.15, 0.2) is 12.1 Å². The van der Waals surface area contributed by atoms with Gasteiger partial charge in [0.1, 0.15) is 17.7 Å². The van der Waals surface area contributed by atoms with Gasteiger partial charge in [0.25, 0.3) is 0 Å². The Bertz CT molecular complexity index is 380. The van der Waals surface area contributed by atoms with Crippen LogP contribution in [0, 0.1) is 18.6 Å². The summed E-state index contributed by atoms with van der Waals surface area (Å²) < 4.78 is 31.5. The summed E-state index contributed by atoms with van der Waals surface area (Å²) in [5, 5.41) is 18.1. The zero-order valence-corrected chi connectivity index (χ0v) is 9.78. The number of hydrogen-bond acceptors (Lipinski definition) is 3. The third-order valence-corrected chi connectivity index (χ3v) is 2.50. The van der Waals surface area contributed by atoms with Crippen molar-refractivity contribution < 1.29 is 23.7 Å². The van der Waals surface area contributed by atoms with Crippen molar-refractivity contribution in [2.45, 2.75) is 32.7 Å². The van der Waals surface area contributed by atoms with Gasteiger partial charge in [-0.2, -0.15) is 0 Å². The van der Waals surface area contributed by atoms with E-state index >= 15 is 0 Å². The van der Waals surface area contributed by atoms with Gasteiger partial charge in [0.05, 0.1) is 19.3 Å². The average Bonchev–Trinajstić information content (AvgIpc) is 2.25. The zero-order chi connectivity index (χ0) is 13.0. The van der Waals surface area contributed by atoms with Crippen molar-refractivity contribution in [3.63, 3.8) is 0 Å². The van der Waals surface area contributed by atoms with Gasteiger partial charge in [-0.1, -0.05) is 0 Å². The summed E-state index contributed by atoms with van der Waals surface area (Å²) in [6, 6.07) is 2.14. The van der Waals surface area contributed by atoms with Crippen molar-refractivity contribution in [3.8, 4) is 0 Å². The molecule has 5 heteroatoms. The molecule has 2 N–H and O–H groups in total. The first-order chi connectivity index (χ1) is 7.95. The highest BCUT2D eigenvalue weighted by Gasteiger charge is 2.16. The van der Waals surface area contributed by atoms with Crippen molar-refractivity contribution >= 4 is 0 Å². The van der Waals surface area contributed by atoms with Crippen LogP contribution in [-0.2, 0) is 11.3 Å². The van der Waals surface area contributed by atoms with E-state index in [9.17, 15) is 13.9 Å². The molecule has 1 rings (SSSR count). The normalized spacial score (nSPS) is 14.7. The lowest BCUT2D eigenvalue weighted by molar-refractivity contribution is -0.0645. The van der Waals surface area contributed by atoms with Gasteiger partial charge < -0.3 is 14.9 Å². The molecule has 0 bridgehead atoms. The van der Waals surface area contributed by atoms with Gasteiger partial charge in [0.15, 0.2) is 0 Å². The lowest BCUT2D eigenvalue weighted by atomic mass is 10.1. The monoisotopic (exact) mass is 246 g/mol. The van der Waals surface area contributed by atoms with E-state index in [1.165, 1.54) is 19.9 Å². The Morgan fingerprint density at radius 3 is 2.47 bits per heavy atom. The number of rotatable bonds is 5. The minimum atomic E-state index is -0.857. The molecule has 0 aromatic heterocycles. The fraction of sp³-hybridized carbons (Fsp3) is 0.500. The lowest BCUT2D eigenvalue weighted by Crippen LogP contribution is -2.29. The summed E-state index contributed by atoms with van der Waals surface area (Å²) in [6.45, 7) is 2.51. The third kappa shape index (κ3) is 3.73. The largest absolute Gasteiger partial charge is 0.394 e. The molecule has 17 heavy (non-hydrogen) atoms. The Kier molecular flexibility index (Phi) is 4.99. The third-order valence-electron chi connectivity index (χ3n) is 2.50. The fourth-order valence-corrected chi connectivity index (χ4v) is 1.37. The van der Waals surface area contributed by atoms with Gasteiger partial charge >= 0.3 is 0 Å². The molecule has 0 aliphatic carbocycles. The minimum Gasteiger partial charge on any atom is -0.394 e. The first kappa shape index (κ1) is 14.0. The van der Waals surface area contributed by atoms with Crippen molar-refractivity contribution in [1.29, 1.82) is 0 Å². The molecule has 2 atom stereocenters. The van der Waals surface area contributed by atoms with Crippen LogP contribution < -0.4 is 0 Å². The van der Waals surface area contributed by atoms with Crippen LogP contribution in [0.2, 0.25) is 0 Å². The van der Waals surface area contributed by atoms with E-state index in [4.69, 9.17) is 9.84 Å². The summed E-state index contributed by atoms with van der Waals surface area (Å²) in [7, 11) is 0. The average molecular weight is 246 g/mol. The second kappa shape index (κ2) is 6.05. The Balaban J connectivity index is 2.72. The van der Waals surface area contributed by atoms with Crippen LogP contribution in [0.25, 0.3) is 0 Å². The summed E-state index contributed by atoms with van der Waals surface area (Å²) in [4.78, 5) is 0.